The van der Waals surface area contributed by atoms with Gasteiger partial charge < -0.3 is 24.8 Å². The molecule has 1 aliphatic carbocycles. The van der Waals surface area contributed by atoms with E-state index in [0.29, 0.717) is 11.5 Å². The zero-order chi connectivity index (χ0) is 17.1. The predicted octanol–water partition coefficient (Wildman–Crippen LogP) is 2.56. The summed E-state index contributed by atoms with van der Waals surface area (Å²) in [6.45, 7) is 5.18. The van der Waals surface area contributed by atoms with Gasteiger partial charge in [0.25, 0.3) is 0 Å². The molecule has 0 unspecified atom stereocenters. The fourth-order valence-electron chi connectivity index (χ4n) is 3.37. The van der Waals surface area contributed by atoms with Gasteiger partial charge in [-0.2, -0.15) is 0 Å². The van der Waals surface area contributed by atoms with Crippen LogP contribution in [-0.4, -0.2) is 65.7 Å². The summed E-state index contributed by atoms with van der Waals surface area (Å²) in [7, 11) is 3.61. The molecule has 0 aromatic carbocycles. The third-order valence-electron chi connectivity index (χ3n) is 5.24. The molecular weight excluding hydrogens is 433 g/mol. The molecule has 2 rings (SSSR count). The van der Waals surface area contributed by atoms with E-state index in [1.807, 2.05) is 7.05 Å². The van der Waals surface area contributed by atoms with E-state index in [4.69, 9.17) is 14.2 Å². The average molecular weight is 469 g/mol. The monoisotopic (exact) mass is 469 g/mol. The molecule has 0 spiro atoms. The fourth-order valence-corrected chi connectivity index (χ4v) is 3.37. The minimum Gasteiger partial charge on any atom is -0.385 e. The maximum Gasteiger partial charge on any atom is 0.190 e. The molecule has 1 heterocycles. The van der Waals surface area contributed by atoms with Crippen molar-refractivity contribution < 1.29 is 14.2 Å². The van der Waals surface area contributed by atoms with Crippen molar-refractivity contribution in [3.05, 3.63) is 0 Å². The first-order valence-electron chi connectivity index (χ1n) is 9.41. The first-order valence-corrected chi connectivity index (χ1v) is 9.41. The van der Waals surface area contributed by atoms with Crippen molar-refractivity contribution in [3.8, 4) is 0 Å². The van der Waals surface area contributed by atoms with E-state index in [2.05, 4.69) is 15.6 Å². The van der Waals surface area contributed by atoms with Crippen LogP contribution in [-0.2, 0) is 14.2 Å². The Balaban J connectivity index is 0.00000312. The smallest absolute Gasteiger partial charge is 0.190 e. The molecule has 0 amide bonds. The quantitative estimate of drug-likeness (QED) is 0.223. The molecule has 0 bridgehead atoms. The van der Waals surface area contributed by atoms with Crippen molar-refractivity contribution in [3.63, 3.8) is 0 Å². The number of nitrogens with zero attached hydrogens (tertiary/aromatic N) is 1. The largest absolute Gasteiger partial charge is 0.385 e. The van der Waals surface area contributed by atoms with Gasteiger partial charge in [0, 0.05) is 53.7 Å². The highest BCUT2D eigenvalue weighted by Gasteiger charge is 2.36. The number of nitrogens with one attached hydrogen (secondary N) is 2. The Morgan fingerprint density at radius 3 is 2.56 bits per heavy atom. The number of ether oxygens (including phenoxy) is 3. The Morgan fingerprint density at radius 2 is 1.96 bits per heavy atom. The van der Waals surface area contributed by atoms with Crippen molar-refractivity contribution >= 4 is 29.9 Å². The van der Waals surface area contributed by atoms with Gasteiger partial charge in [0.1, 0.15) is 0 Å². The Bertz CT molecular complexity index is 373. The lowest BCUT2D eigenvalue weighted by molar-refractivity contribution is -0.0320. The molecule has 1 aliphatic heterocycles. The maximum atomic E-state index is 5.89. The molecule has 2 fully saturated rings. The highest BCUT2D eigenvalue weighted by atomic mass is 127. The van der Waals surface area contributed by atoms with Crippen LogP contribution in [0, 0.1) is 5.41 Å². The van der Waals surface area contributed by atoms with Crippen LogP contribution in [0.15, 0.2) is 4.99 Å². The zero-order valence-corrected chi connectivity index (χ0v) is 18.2. The Kier molecular flexibility index (Phi) is 12.0. The van der Waals surface area contributed by atoms with Crippen LogP contribution in [0.2, 0.25) is 0 Å². The van der Waals surface area contributed by atoms with Gasteiger partial charge >= 0.3 is 0 Å². The molecule has 1 saturated heterocycles. The van der Waals surface area contributed by atoms with Crippen LogP contribution in [0.3, 0.4) is 0 Å². The molecule has 2 aliphatic rings. The third kappa shape index (κ3) is 8.41. The van der Waals surface area contributed by atoms with Gasteiger partial charge in [-0.1, -0.05) is 6.42 Å². The van der Waals surface area contributed by atoms with Gasteiger partial charge in [-0.25, -0.2) is 0 Å². The van der Waals surface area contributed by atoms with Crippen LogP contribution >= 0.6 is 24.0 Å². The lowest BCUT2D eigenvalue weighted by atomic mass is 9.67. The molecule has 7 heteroatoms. The number of hydrogen-bond acceptors (Lipinski definition) is 4. The second kappa shape index (κ2) is 13.1. The lowest BCUT2D eigenvalue weighted by Gasteiger charge is -2.42. The highest BCUT2D eigenvalue weighted by Crippen LogP contribution is 2.43. The van der Waals surface area contributed by atoms with E-state index in [0.717, 1.165) is 71.2 Å². The molecule has 0 atom stereocenters. The van der Waals surface area contributed by atoms with Crippen LogP contribution in [0.25, 0.3) is 0 Å². The summed E-state index contributed by atoms with van der Waals surface area (Å²) in [5.74, 6) is 0.893. The van der Waals surface area contributed by atoms with Gasteiger partial charge in [0.05, 0.1) is 6.10 Å². The van der Waals surface area contributed by atoms with Crippen LogP contribution in [0.1, 0.15) is 44.9 Å². The summed E-state index contributed by atoms with van der Waals surface area (Å²) in [6.07, 6.45) is 8.48. The standard InChI is InChI=1S/C18H35N3O3.HI/c1-19-17(21-15-18(7-3-8-18)9-14-22-2)20-10-4-11-24-16-5-12-23-13-6-16;/h16H,3-15H2,1-2H3,(H2,19,20,21);1H. The Labute approximate surface area is 169 Å². The molecule has 0 radical (unpaired) electrons. The van der Waals surface area contributed by atoms with Gasteiger partial charge in [0.2, 0.25) is 0 Å². The second-order valence-corrected chi connectivity index (χ2v) is 6.98. The molecule has 25 heavy (non-hydrogen) atoms. The summed E-state index contributed by atoms with van der Waals surface area (Å²) in [4.78, 5) is 4.32. The number of hydrogen-bond donors (Lipinski definition) is 2. The summed E-state index contributed by atoms with van der Waals surface area (Å²) in [5.41, 5.74) is 0.403. The van der Waals surface area contributed by atoms with Gasteiger partial charge in [0.15, 0.2) is 5.96 Å². The van der Waals surface area contributed by atoms with Gasteiger partial charge in [-0.3, -0.25) is 4.99 Å². The molecule has 2 N–H and O–H groups in total. The minimum absolute atomic E-state index is 0. The van der Waals surface area contributed by atoms with Crippen molar-refractivity contribution in [1.29, 1.82) is 0 Å². The molecule has 0 aromatic heterocycles. The maximum absolute atomic E-state index is 5.89. The summed E-state index contributed by atoms with van der Waals surface area (Å²) in [6, 6.07) is 0. The summed E-state index contributed by atoms with van der Waals surface area (Å²) >= 11 is 0. The number of rotatable bonds is 10. The molecule has 6 nitrogen and oxygen atoms in total. The second-order valence-electron chi connectivity index (χ2n) is 6.98. The molecule has 0 aromatic rings. The zero-order valence-electron chi connectivity index (χ0n) is 15.8. The average Bonchev–Trinajstić information content (AvgIpc) is 2.59. The predicted molar refractivity (Wildman–Crippen MR) is 112 cm³/mol. The van der Waals surface area contributed by atoms with Crippen LogP contribution < -0.4 is 10.6 Å². The third-order valence-corrected chi connectivity index (χ3v) is 5.24. The van der Waals surface area contributed by atoms with Crippen molar-refractivity contribution in [2.24, 2.45) is 10.4 Å². The van der Waals surface area contributed by atoms with Crippen LogP contribution in [0.5, 0.6) is 0 Å². The minimum atomic E-state index is 0. The number of aliphatic imine (C=N–C) groups is 1. The summed E-state index contributed by atoms with van der Waals surface area (Å²) in [5, 5.41) is 6.87. The van der Waals surface area contributed by atoms with Crippen molar-refractivity contribution in [1.82, 2.24) is 10.6 Å². The van der Waals surface area contributed by atoms with Crippen LogP contribution in [0.4, 0.5) is 0 Å². The Hall–Kier alpha value is -0.120. The van der Waals surface area contributed by atoms with E-state index in [1.54, 1.807) is 7.11 Å². The van der Waals surface area contributed by atoms with E-state index < -0.39 is 0 Å². The van der Waals surface area contributed by atoms with Gasteiger partial charge in [-0.15, -0.1) is 24.0 Å². The SMILES string of the molecule is CN=C(NCCCOC1CCOCC1)NCC1(CCOC)CCC1.I. The normalized spacial score (nSPS) is 20.5. The van der Waals surface area contributed by atoms with Crippen molar-refractivity contribution in [2.45, 2.75) is 51.0 Å². The van der Waals surface area contributed by atoms with Crippen molar-refractivity contribution in [2.75, 3.05) is 53.7 Å². The van der Waals surface area contributed by atoms with E-state index in [9.17, 15) is 0 Å². The molecule has 148 valence electrons. The van der Waals surface area contributed by atoms with E-state index in [1.165, 1.54) is 19.3 Å². The number of halogens is 1. The van der Waals surface area contributed by atoms with E-state index in [-0.39, 0.29) is 24.0 Å². The topological polar surface area (TPSA) is 64.1 Å². The molecule has 1 saturated carbocycles. The summed E-state index contributed by atoms with van der Waals surface area (Å²) < 4.78 is 16.5. The number of methoxy groups -OCH3 is 1. The van der Waals surface area contributed by atoms with Gasteiger partial charge in [-0.05, 0) is 43.9 Å². The fraction of sp³-hybridized carbons (Fsp3) is 0.944. The lowest BCUT2D eigenvalue weighted by Crippen LogP contribution is -2.47. The first-order chi connectivity index (χ1) is 11.8. The molecular formula is C18H36IN3O3. The van der Waals surface area contributed by atoms with E-state index >= 15 is 0 Å². The highest BCUT2D eigenvalue weighted by molar-refractivity contribution is 14.0. The first kappa shape index (κ1) is 22.9. The number of guanidine groups is 1. The Morgan fingerprint density at radius 1 is 1.20 bits per heavy atom.